The number of nitrogens with one attached hydrogen (secondary N) is 1. The van der Waals surface area contributed by atoms with Crippen molar-refractivity contribution in [2.75, 3.05) is 13.7 Å². The second-order valence-electron chi connectivity index (χ2n) is 4.71. The van der Waals surface area contributed by atoms with Gasteiger partial charge >= 0.3 is 5.97 Å². The van der Waals surface area contributed by atoms with Gasteiger partial charge in [0.2, 0.25) is 0 Å². The average Bonchev–Trinajstić information content (AvgIpc) is 2.70. The molecule has 0 saturated heterocycles. The van der Waals surface area contributed by atoms with Crippen LogP contribution in [-0.4, -0.2) is 34.9 Å². The molecule has 0 bridgehead atoms. The Kier molecular flexibility index (Phi) is 5.82. The first kappa shape index (κ1) is 16.0. The minimum atomic E-state index is -0.652. The molecule has 0 aromatic carbocycles. The second-order valence-corrected chi connectivity index (χ2v) is 5.11. The summed E-state index contributed by atoms with van der Waals surface area (Å²) in [5.41, 5.74) is 0.296. The van der Waals surface area contributed by atoms with E-state index >= 15 is 0 Å². The molecular formula is C13H22ClN3O2. The smallest absolute Gasteiger partial charge is 0.326 e. The van der Waals surface area contributed by atoms with E-state index in [1.54, 1.807) is 13.2 Å². The van der Waals surface area contributed by atoms with Gasteiger partial charge in [-0.15, -0.1) is 0 Å². The second kappa shape index (κ2) is 6.91. The van der Waals surface area contributed by atoms with Crippen molar-refractivity contribution in [2.45, 2.75) is 45.7 Å². The summed E-state index contributed by atoms with van der Waals surface area (Å²) >= 11 is 5.95. The summed E-state index contributed by atoms with van der Waals surface area (Å²) in [6, 6.07) is 0. The number of carbonyl (C=O) groups excluding carboxylic acids is 1. The Hall–Kier alpha value is -1.07. The van der Waals surface area contributed by atoms with E-state index in [0.717, 1.165) is 18.7 Å². The maximum Gasteiger partial charge on any atom is 0.326 e. The average molecular weight is 288 g/mol. The molecule has 19 heavy (non-hydrogen) atoms. The van der Waals surface area contributed by atoms with Crippen molar-refractivity contribution in [1.29, 1.82) is 0 Å². The monoisotopic (exact) mass is 287 g/mol. The third kappa shape index (κ3) is 3.94. The highest BCUT2D eigenvalue weighted by molar-refractivity contribution is 6.31. The number of hydrogen-bond donors (Lipinski definition) is 1. The quantitative estimate of drug-likeness (QED) is 0.781. The molecule has 1 unspecified atom stereocenters. The van der Waals surface area contributed by atoms with Crippen molar-refractivity contribution in [3.63, 3.8) is 0 Å². The van der Waals surface area contributed by atoms with Crippen LogP contribution in [0.4, 0.5) is 0 Å². The van der Waals surface area contributed by atoms with Crippen molar-refractivity contribution < 1.29 is 9.53 Å². The van der Waals surface area contributed by atoms with Crippen LogP contribution in [0.2, 0.25) is 5.02 Å². The molecule has 0 saturated carbocycles. The van der Waals surface area contributed by atoms with Crippen LogP contribution < -0.4 is 5.32 Å². The number of likely N-dealkylation sites (N-methyl/N-ethyl adjacent to an activating group) is 1. The topological polar surface area (TPSA) is 56.2 Å². The van der Waals surface area contributed by atoms with E-state index in [1.807, 2.05) is 25.5 Å². The standard InChI is InChI=1S/C13H22ClN3O2/c1-5-19-12(18)13(3,15-4)7-6-8-17-10(2)11(14)9-16-17/h9,15H,5-8H2,1-4H3. The number of halogens is 1. The molecule has 0 aliphatic rings. The van der Waals surface area contributed by atoms with Crippen LogP contribution >= 0.6 is 11.6 Å². The summed E-state index contributed by atoms with van der Waals surface area (Å²) in [6.45, 7) is 6.72. The molecule has 6 heteroatoms. The lowest BCUT2D eigenvalue weighted by molar-refractivity contribution is -0.150. The third-order valence-corrected chi connectivity index (χ3v) is 3.74. The molecule has 0 aliphatic heterocycles. The van der Waals surface area contributed by atoms with E-state index in [2.05, 4.69) is 10.4 Å². The first-order chi connectivity index (χ1) is 8.94. The fourth-order valence-electron chi connectivity index (χ4n) is 1.85. The Morgan fingerprint density at radius 1 is 1.63 bits per heavy atom. The summed E-state index contributed by atoms with van der Waals surface area (Å²) in [5, 5.41) is 7.90. The van der Waals surface area contributed by atoms with Gasteiger partial charge in [0.25, 0.3) is 0 Å². The molecule has 1 heterocycles. The van der Waals surface area contributed by atoms with Gasteiger partial charge in [-0.1, -0.05) is 11.6 Å². The highest BCUT2D eigenvalue weighted by Crippen LogP contribution is 2.17. The number of rotatable bonds is 7. The normalized spacial score (nSPS) is 14.2. The Bertz CT molecular complexity index is 434. The van der Waals surface area contributed by atoms with Gasteiger partial charge in [0, 0.05) is 6.54 Å². The molecule has 0 spiro atoms. The SMILES string of the molecule is CCOC(=O)C(C)(CCCn1ncc(Cl)c1C)NC. The lowest BCUT2D eigenvalue weighted by atomic mass is 9.96. The van der Waals surface area contributed by atoms with E-state index in [1.165, 1.54) is 0 Å². The first-order valence-corrected chi connectivity index (χ1v) is 6.86. The number of nitrogens with zero attached hydrogens (tertiary/aromatic N) is 2. The van der Waals surface area contributed by atoms with Gasteiger partial charge in [-0.05, 0) is 40.7 Å². The number of aryl methyl sites for hydroxylation is 1. The summed E-state index contributed by atoms with van der Waals surface area (Å²) in [7, 11) is 1.77. The zero-order chi connectivity index (χ0) is 14.5. The Morgan fingerprint density at radius 2 is 2.32 bits per heavy atom. The Labute approximate surface area is 119 Å². The van der Waals surface area contributed by atoms with E-state index in [4.69, 9.17) is 16.3 Å². The minimum absolute atomic E-state index is 0.215. The molecule has 1 atom stereocenters. The van der Waals surface area contributed by atoms with E-state index in [9.17, 15) is 4.79 Å². The molecule has 1 N–H and O–H groups in total. The van der Waals surface area contributed by atoms with Crippen molar-refractivity contribution >= 4 is 17.6 Å². The molecule has 1 rings (SSSR count). The van der Waals surface area contributed by atoms with Crippen LogP contribution in [0.5, 0.6) is 0 Å². The molecule has 1 aromatic rings. The van der Waals surface area contributed by atoms with Crippen molar-refractivity contribution in [1.82, 2.24) is 15.1 Å². The van der Waals surface area contributed by atoms with Crippen molar-refractivity contribution in [2.24, 2.45) is 0 Å². The van der Waals surface area contributed by atoms with Gasteiger partial charge in [-0.3, -0.25) is 9.48 Å². The van der Waals surface area contributed by atoms with Crippen LogP contribution in [0.1, 0.15) is 32.4 Å². The van der Waals surface area contributed by atoms with Gasteiger partial charge < -0.3 is 10.1 Å². The predicted molar refractivity (Wildman–Crippen MR) is 75.3 cm³/mol. The summed E-state index contributed by atoms with van der Waals surface area (Å²) < 4.78 is 6.93. The third-order valence-electron chi connectivity index (χ3n) is 3.37. The molecule has 0 aliphatic carbocycles. The summed E-state index contributed by atoms with van der Waals surface area (Å²) in [5.74, 6) is -0.215. The maximum atomic E-state index is 11.9. The van der Waals surface area contributed by atoms with Gasteiger partial charge in [0.1, 0.15) is 5.54 Å². The largest absolute Gasteiger partial charge is 0.465 e. The lowest BCUT2D eigenvalue weighted by Crippen LogP contribution is -2.48. The van der Waals surface area contributed by atoms with Crippen LogP contribution in [0.25, 0.3) is 0 Å². The van der Waals surface area contributed by atoms with E-state index in [-0.39, 0.29) is 5.97 Å². The van der Waals surface area contributed by atoms with Crippen LogP contribution in [0, 0.1) is 6.92 Å². The van der Waals surface area contributed by atoms with Crippen molar-refractivity contribution in [3.8, 4) is 0 Å². The molecule has 5 nitrogen and oxygen atoms in total. The van der Waals surface area contributed by atoms with E-state index < -0.39 is 5.54 Å². The number of aromatic nitrogens is 2. The molecule has 0 fully saturated rings. The lowest BCUT2D eigenvalue weighted by Gasteiger charge is -2.26. The number of hydrogen-bond acceptors (Lipinski definition) is 4. The van der Waals surface area contributed by atoms with E-state index in [0.29, 0.717) is 18.1 Å². The summed E-state index contributed by atoms with van der Waals surface area (Å²) in [4.78, 5) is 11.9. The molecule has 0 radical (unpaired) electrons. The zero-order valence-electron chi connectivity index (χ0n) is 12.0. The Balaban J connectivity index is 2.54. The summed E-state index contributed by atoms with van der Waals surface area (Å²) in [6.07, 6.45) is 3.13. The van der Waals surface area contributed by atoms with Gasteiger partial charge in [0.15, 0.2) is 0 Å². The highest BCUT2D eigenvalue weighted by Gasteiger charge is 2.32. The predicted octanol–water partition coefficient (Wildman–Crippen LogP) is 2.17. The Morgan fingerprint density at radius 3 is 2.79 bits per heavy atom. The van der Waals surface area contributed by atoms with Crippen LogP contribution in [0.3, 0.4) is 0 Å². The fraction of sp³-hybridized carbons (Fsp3) is 0.692. The molecular weight excluding hydrogens is 266 g/mol. The van der Waals surface area contributed by atoms with Gasteiger partial charge in [0.05, 0.1) is 23.5 Å². The zero-order valence-corrected chi connectivity index (χ0v) is 12.8. The highest BCUT2D eigenvalue weighted by atomic mass is 35.5. The number of ether oxygens (including phenoxy) is 1. The van der Waals surface area contributed by atoms with Gasteiger partial charge in [-0.25, -0.2) is 0 Å². The number of carbonyl (C=O) groups is 1. The fourth-order valence-corrected chi connectivity index (χ4v) is 1.99. The minimum Gasteiger partial charge on any atom is -0.465 e. The number of esters is 1. The van der Waals surface area contributed by atoms with Crippen LogP contribution in [-0.2, 0) is 16.1 Å². The molecule has 0 amide bonds. The van der Waals surface area contributed by atoms with Gasteiger partial charge in [-0.2, -0.15) is 5.10 Å². The van der Waals surface area contributed by atoms with Crippen LogP contribution in [0.15, 0.2) is 6.20 Å². The molecule has 108 valence electrons. The first-order valence-electron chi connectivity index (χ1n) is 6.48. The maximum absolute atomic E-state index is 11.9. The molecule has 1 aromatic heterocycles. The van der Waals surface area contributed by atoms with Crippen molar-refractivity contribution in [3.05, 3.63) is 16.9 Å².